The molecule has 0 spiro atoms. The van der Waals surface area contributed by atoms with E-state index in [1.807, 2.05) is 6.92 Å². The van der Waals surface area contributed by atoms with E-state index in [1.165, 1.54) is 33.5 Å². The number of hydrogen-bond acceptors (Lipinski definition) is 6. The van der Waals surface area contributed by atoms with Crippen LogP contribution >= 0.6 is 11.6 Å². The van der Waals surface area contributed by atoms with Gasteiger partial charge < -0.3 is 24.3 Å². The summed E-state index contributed by atoms with van der Waals surface area (Å²) in [7, 11) is 4.50. The molecule has 2 aromatic carbocycles. The number of nitrogens with one attached hydrogen (secondary N) is 1. The van der Waals surface area contributed by atoms with Crippen LogP contribution in [-0.2, 0) is 14.3 Å². The Kier molecular flexibility index (Phi) is 7.91. The molecule has 7 nitrogen and oxygen atoms in total. The van der Waals surface area contributed by atoms with Crippen molar-refractivity contribution in [2.45, 2.75) is 6.92 Å². The topological polar surface area (TPSA) is 83.1 Å². The number of amides is 1. The highest BCUT2D eigenvalue weighted by molar-refractivity contribution is 6.31. The summed E-state index contributed by atoms with van der Waals surface area (Å²) < 4.78 is 20.7. The van der Waals surface area contributed by atoms with Crippen molar-refractivity contribution in [1.29, 1.82) is 0 Å². The number of benzene rings is 2. The molecule has 2 aromatic rings. The van der Waals surface area contributed by atoms with Gasteiger partial charge in [-0.1, -0.05) is 17.7 Å². The molecule has 2 rings (SSSR count). The second kappa shape index (κ2) is 10.4. The van der Waals surface area contributed by atoms with Crippen LogP contribution in [-0.4, -0.2) is 39.8 Å². The smallest absolute Gasteiger partial charge is 0.331 e. The van der Waals surface area contributed by atoms with Crippen LogP contribution < -0.4 is 19.5 Å². The molecule has 0 aliphatic carbocycles. The Morgan fingerprint density at radius 3 is 2.28 bits per heavy atom. The van der Waals surface area contributed by atoms with Crippen LogP contribution in [0.25, 0.3) is 6.08 Å². The lowest BCUT2D eigenvalue weighted by Gasteiger charge is -2.12. The number of carbonyl (C=O) groups is 2. The van der Waals surface area contributed by atoms with Gasteiger partial charge in [-0.25, -0.2) is 4.79 Å². The van der Waals surface area contributed by atoms with Gasteiger partial charge in [-0.3, -0.25) is 4.79 Å². The standard InChI is InChI=1S/C21H22ClNO6/c1-13-5-7-15(22)11-16(13)23-19(24)12-29-20(25)8-6-14-9-17(26-2)21(28-4)18(10-14)27-3/h5-11H,12H2,1-4H3,(H,23,24)/b8-6+. The third kappa shape index (κ3) is 6.15. The van der Waals surface area contributed by atoms with Gasteiger partial charge in [-0.15, -0.1) is 0 Å². The average molecular weight is 420 g/mol. The Morgan fingerprint density at radius 2 is 1.69 bits per heavy atom. The monoisotopic (exact) mass is 419 g/mol. The molecule has 0 fully saturated rings. The van der Waals surface area contributed by atoms with Gasteiger partial charge >= 0.3 is 5.97 Å². The Bertz CT molecular complexity index is 900. The number of rotatable bonds is 8. The molecule has 0 saturated carbocycles. The van der Waals surface area contributed by atoms with Gasteiger partial charge in [-0.2, -0.15) is 0 Å². The maximum absolute atomic E-state index is 12.0. The quantitative estimate of drug-likeness (QED) is 0.516. The zero-order valence-electron chi connectivity index (χ0n) is 16.6. The molecule has 0 aliphatic rings. The van der Waals surface area contributed by atoms with Crippen LogP contribution in [0.4, 0.5) is 5.69 Å². The van der Waals surface area contributed by atoms with Gasteiger partial charge in [0.2, 0.25) is 5.75 Å². The normalized spacial score (nSPS) is 10.5. The van der Waals surface area contributed by atoms with E-state index in [1.54, 1.807) is 30.3 Å². The van der Waals surface area contributed by atoms with Gasteiger partial charge in [0.05, 0.1) is 21.3 Å². The van der Waals surface area contributed by atoms with E-state index < -0.39 is 18.5 Å². The average Bonchev–Trinajstić information content (AvgIpc) is 2.72. The third-order valence-electron chi connectivity index (χ3n) is 3.92. The number of aryl methyl sites for hydroxylation is 1. The summed E-state index contributed by atoms with van der Waals surface area (Å²) in [4.78, 5) is 23.9. The minimum Gasteiger partial charge on any atom is -0.493 e. The highest BCUT2D eigenvalue weighted by atomic mass is 35.5. The molecule has 29 heavy (non-hydrogen) atoms. The van der Waals surface area contributed by atoms with Crippen molar-refractivity contribution in [3.8, 4) is 17.2 Å². The lowest BCUT2D eigenvalue weighted by atomic mass is 10.1. The van der Waals surface area contributed by atoms with Gasteiger partial charge in [0.25, 0.3) is 5.91 Å². The van der Waals surface area contributed by atoms with Crippen LogP contribution in [0.3, 0.4) is 0 Å². The first-order chi connectivity index (χ1) is 13.9. The maximum Gasteiger partial charge on any atom is 0.331 e. The summed E-state index contributed by atoms with van der Waals surface area (Å²) in [6.45, 7) is 1.41. The van der Waals surface area contributed by atoms with Crippen molar-refractivity contribution >= 4 is 35.2 Å². The van der Waals surface area contributed by atoms with E-state index in [0.29, 0.717) is 33.5 Å². The van der Waals surface area contributed by atoms with E-state index in [9.17, 15) is 9.59 Å². The van der Waals surface area contributed by atoms with E-state index >= 15 is 0 Å². The molecule has 0 heterocycles. The van der Waals surface area contributed by atoms with Crippen molar-refractivity contribution in [3.05, 3.63) is 52.6 Å². The van der Waals surface area contributed by atoms with Gasteiger partial charge in [0.1, 0.15) is 0 Å². The van der Waals surface area contributed by atoms with E-state index in [4.69, 9.17) is 30.5 Å². The first-order valence-electron chi connectivity index (χ1n) is 8.58. The summed E-state index contributed by atoms with van der Waals surface area (Å²) in [5, 5.41) is 3.15. The number of anilines is 1. The number of esters is 1. The molecule has 8 heteroatoms. The highest BCUT2D eigenvalue weighted by Gasteiger charge is 2.12. The predicted molar refractivity (Wildman–Crippen MR) is 111 cm³/mol. The number of methoxy groups -OCH3 is 3. The summed E-state index contributed by atoms with van der Waals surface area (Å²) >= 11 is 5.92. The zero-order chi connectivity index (χ0) is 21.4. The second-order valence-electron chi connectivity index (χ2n) is 5.91. The summed E-state index contributed by atoms with van der Waals surface area (Å²) in [6.07, 6.45) is 2.73. The molecule has 0 unspecified atom stereocenters. The molecule has 1 amide bonds. The molecule has 1 N–H and O–H groups in total. The summed E-state index contributed by atoms with van der Waals surface area (Å²) in [5.41, 5.74) is 2.04. The van der Waals surface area contributed by atoms with Crippen LogP contribution in [0.2, 0.25) is 5.02 Å². The van der Waals surface area contributed by atoms with E-state index in [0.717, 1.165) is 5.56 Å². The summed E-state index contributed by atoms with van der Waals surface area (Å²) in [5.74, 6) is 0.219. The molecule has 0 atom stereocenters. The largest absolute Gasteiger partial charge is 0.493 e. The van der Waals surface area contributed by atoms with Crippen molar-refractivity contribution < 1.29 is 28.5 Å². The Balaban J connectivity index is 1.97. The van der Waals surface area contributed by atoms with Crippen LogP contribution in [0.15, 0.2) is 36.4 Å². The zero-order valence-corrected chi connectivity index (χ0v) is 17.3. The number of hydrogen-bond donors (Lipinski definition) is 1. The lowest BCUT2D eigenvalue weighted by molar-refractivity contribution is -0.142. The first kappa shape index (κ1) is 22.1. The maximum atomic E-state index is 12.0. The Morgan fingerprint density at radius 1 is 1.03 bits per heavy atom. The first-order valence-corrected chi connectivity index (χ1v) is 8.96. The van der Waals surface area contributed by atoms with Crippen LogP contribution in [0, 0.1) is 6.92 Å². The third-order valence-corrected chi connectivity index (χ3v) is 4.15. The minimum absolute atomic E-state index is 0.426. The molecule has 0 radical (unpaired) electrons. The molecule has 0 bridgehead atoms. The molecule has 0 saturated heterocycles. The predicted octanol–water partition coefficient (Wildman–Crippen LogP) is 3.87. The van der Waals surface area contributed by atoms with Crippen LogP contribution in [0.5, 0.6) is 17.2 Å². The molecular formula is C21H22ClNO6. The van der Waals surface area contributed by atoms with Crippen molar-refractivity contribution in [2.24, 2.45) is 0 Å². The minimum atomic E-state index is -0.670. The second-order valence-corrected chi connectivity index (χ2v) is 6.34. The van der Waals surface area contributed by atoms with E-state index in [2.05, 4.69) is 5.32 Å². The fourth-order valence-corrected chi connectivity index (χ4v) is 2.63. The summed E-state index contributed by atoms with van der Waals surface area (Å²) in [6, 6.07) is 8.49. The van der Waals surface area contributed by atoms with Crippen molar-refractivity contribution in [2.75, 3.05) is 33.3 Å². The fourth-order valence-electron chi connectivity index (χ4n) is 2.46. The number of ether oxygens (including phenoxy) is 4. The van der Waals surface area contributed by atoms with Gasteiger partial charge in [-0.05, 0) is 48.4 Å². The molecule has 154 valence electrons. The van der Waals surface area contributed by atoms with Gasteiger partial charge in [0, 0.05) is 16.8 Å². The Hall–Kier alpha value is -3.19. The molecule has 0 aromatic heterocycles. The number of carbonyl (C=O) groups excluding carboxylic acids is 2. The van der Waals surface area contributed by atoms with Crippen LogP contribution in [0.1, 0.15) is 11.1 Å². The van der Waals surface area contributed by atoms with Gasteiger partial charge in [0.15, 0.2) is 18.1 Å². The fraction of sp³-hybridized carbons (Fsp3) is 0.238. The Labute approximate surface area is 174 Å². The molecule has 0 aliphatic heterocycles. The van der Waals surface area contributed by atoms with E-state index in [-0.39, 0.29) is 0 Å². The number of halogens is 1. The van der Waals surface area contributed by atoms with Crippen molar-refractivity contribution in [3.63, 3.8) is 0 Å². The molecular weight excluding hydrogens is 398 g/mol. The highest BCUT2D eigenvalue weighted by Crippen LogP contribution is 2.38. The van der Waals surface area contributed by atoms with Crippen molar-refractivity contribution in [1.82, 2.24) is 0 Å². The SMILES string of the molecule is COc1cc(/C=C/C(=O)OCC(=O)Nc2cc(Cl)ccc2C)cc(OC)c1OC. The lowest BCUT2D eigenvalue weighted by Crippen LogP contribution is -2.20.